The van der Waals surface area contributed by atoms with Gasteiger partial charge < -0.3 is 10.6 Å². The van der Waals surface area contributed by atoms with Crippen molar-refractivity contribution in [1.29, 1.82) is 0 Å². The first-order valence-electron chi connectivity index (χ1n) is 6.13. The Balaban J connectivity index is 2.25. The molecule has 3 N–H and O–H groups in total. The molecule has 2 unspecified atom stereocenters. The minimum atomic E-state index is 0.00722. The first-order valence-corrected chi connectivity index (χ1v) is 6.13. The second kappa shape index (κ2) is 4.39. The van der Waals surface area contributed by atoms with E-state index < -0.39 is 0 Å². The van der Waals surface area contributed by atoms with Crippen LogP contribution in [0.2, 0.25) is 0 Å². The van der Waals surface area contributed by atoms with Gasteiger partial charge in [0, 0.05) is 18.3 Å². The summed E-state index contributed by atoms with van der Waals surface area (Å²) in [5.74, 6) is 0.854. The van der Waals surface area contributed by atoms with Gasteiger partial charge in [0.1, 0.15) is 5.56 Å². The maximum Gasteiger partial charge on any atom is 0.259 e. The van der Waals surface area contributed by atoms with Gasteiger partial charge in [-0.2, -0.15) is 5.10 Å². The summed E-state index contributed by atoms with van der Waals surface area (Å²) < 4.78 is 0. The number of piperidine rings is 1. The van der Waals surface area contributed by atoms with Crippen LogP contribution in [0.4, 0.5) is 5.82 Å². The number of anilines is 1. The van der Waals surface area contributed by atoms with E-state index >= 15 is 0 Å². The lowest BCUT2D eigenvalue weighted by atomic mass is 9.91. The zero-order chi connectivity index (χ0) is 12.6. The fourth-order valence-corrected chi connectivity index (χ4v) is 2.48. The van der Waals surface area contributed by atoms with Crippen molar-refractivity contribution in [2.75, 3.05) is 12.3 Å². The lowest BCUT2D eigenvalue weighted by molar-refractivity contribution is 0.0551. The molecule has 1 aromatic rings. The largest absolute Gasteiger partial charge is 0.382 e. The van der Waals surface area contributed by atoms with Crippen molar-refractivity contribution in [2.45, 2.75) is 39.7 Å². The fourth-order valence-electron chi connectivity index (χ4n) is 2.48. The number of aromatic nitrogens is 2. The Morgan fingerprint density at radius 1 is 1.53 bits per heavy atom. The standard InChI is InChI=1S/C12H20N4O/c1-7-5-4-6-16(9(7)3)12(17)10-8(2)14-15-11(10)13/h7,9H,4-6H2,1-3H3,(H3,13,14,15). The van der Waals surface area contributed by atoms with Crippen LogP contribution in [0.15, 0.2) is 0 Å². The number of H-pyrrole nitrogens is 1. The maximum absolute atomic E-state index is 12.4. The molecule has 2 rings (SSSR count). The van der Waals surface area contributed by atoms with Gasteiger partial charge in [0.25, 0.3) is 5.91 Å². The molecule has 1 saturated heterocycles. The highest BCUT2D eigenvalue weighted by molar-refractivity contribution is 5.99. The molecule has 0 spiro atoms. The van der Waals surface area contributed by atoms with E-state index in [4.69, 9.17) is 5.73 Å². The van der Waals surface area contributed by atoms with E-state index in [1.54, 1.807) is 0 Å². The van der Waals surface area contributed by atoms with E-state index in [0.29, 0.717) is 17.3 Å². The molecule has 1 amide bonds. The molecular weight excluding hydrogens is 216 g/mol. The summed E-state index contributed by atoms with van der Waals surface area (Å²) in [4.78, 5) is 14.4. The molecule has 0 bridgehead atoms. The fraction of sp³-hybridized carbons (Fsp3) is 0.667. The van der Waals surface area contributed by atoms with E-state index in [1.807, 2.05) is 11.8 Å². The maximum atomic E-state index is 12.4. The van der Waals surface area contributed by atoms with Crippen molar-refractivity contribution >= 4 is 11.7 Å². The number of hydrogen-bond acceptors (Lipinski definition) is 3. The SMILES string of the molecule is Cc1[nH]nc(N)c1C(=O)N1CCCC(C)C1C. The molecule has 17 heavy (non-hydrogen) atoms. The highest BCUT2D eigenvalue weighted by Crippen LogP contribution is 2.26. The van der Waals surface area contributed by atoms with E-state index in [1.165, 1.54) is 6.42 Å². The Morgan fingerprint density at radius 2 is 2.24 bits per heavy atom. The summed E-state index contributed by atoms with van der Waals surface area (Å²) >= 11 is 0. The van der Waals surface area contributed by atoms with Gasteiger partial charge in [-0.25, -0.2) is 0 Å². The van der Waals surface area contributed by atoms with E-state index in [9.17, 15) is 4.79 Å². The van der Waals surface area contributed by atoms with Gasteiger partial charge in [0.2, 0.25) is 0 Å². The van der Waals surface area contributed by atoms with Gasteiger partial charge >= 0.3 is 0 Å². The van der Waals surface area contributed by atoms with Gasteiger partial charge in [-0.3, -0.25) is 9.89 Å². The molecule has 0 aliphatic carbocycles. The number of likely N-dealkylation sites (tertiary alicyclic amines) is 1. The van der Waals surface area contributed by atoms with Crippen LogP contribution in [0, 0.1) is 12.8 Å². The quantitative estimate of drug-likeness (QED) is 0.777. The summed E-state index contributed by atoms with van der Waals surface area (Å²) in [6.45, 7) is 6.94. The van der Waals surface area contributed by atoms with Crippen molar-refractivity contribution in [3.05, 3.63) is 11.3 Å². The first kappa shape index (κ1) is 12.0. The van der Waals surface area contributed by atoms with Gasteiger partial charge in [0.15, 0.2) is 5.82 Å². The predicted octanol–water partition coefficient (Wildman–Crippen LogP) is 1.56. The monoisotopic (exact) mass is 236 g/mol. The third kappa shape index (κ3) is 2.01. The Hall–Kier alpha value is -1.52. The summed E-state index contributed by atoms with van der Waals surface area (Å²) in [5.41, 5.74) is 7.02. The van der Waals surface area contributed by atoms with Gasteiger partial charge in [-0.1, -0.05) is 6.92 Å². The van der Waals surface area contributed by atoms with Gasteiger partial charge in [-0.05, 0) is 32.6 Å². The van der Waals surface area contributed by atoms with Crippen LogP contribution < -0.4 is 5.73 Å². The van der Waals surface area contributed by atoms with Crippen LogP contribution in [0.1, 0.15) is 42.7 Å². The third-order valence-corrected chi connectivity index (χ3v) is 3.82. The molecule has 1 fully saturated rings. The summed E-state index contributed by atoms with van der Waals surface area (Å²) in [7, 11) is 0. The van der Waals surface area contributed by atoms with E-state index in [2.05, 4.69) is 24.0 Å². The predicted molar refractivity (Wildman–Crippen MR) is 66.6 cm³/mol. The lowest BCUT2D eigenvalue weighted by Gasteiger charge is -2.37. The second-order valence-corrected chi connectivity index (χ2v) is 4.97. The molecule has 0 radical (unpaired) electrons. The Bertz CT molecular complexity index is 407. The molecule has 94 valence electrons. The second-order valence-electron chi connectivity index (χ2n) is 4.97. The molecule has 2 atom stereocenters. The van der Waals surface area contributed by atoms with E-state index in [0.717, 1.165) is 18.7 Å². The average molecular weight is 236 g/mol. The number of nitrogens with one attached hydrogen (secondary N) is 1. The van der Waals surface area contributed by atoms with Crippen molar-refractivity contribution in [2.24, 2.45) is 5.92 Å². The Labute approximate surface area is 101 Å². The highest BCUT2D eigenvalue weighted by atomic mass is 16.2. The third-order valence-electron chi connectivity index (χ3n) is 3.82. The van der Waals surface area contributed by atoms with Crippen LogP contribution in [0.3, 0.4) is 0 Å². The number of nitrogen functional groups attached to an aromatic ring is 1. The minimum absolute atomic E-state index is 0.00722. The van der Waals surface area contributed by atoms with Crippen LogP contribution in [0.5, 0.6) is 0 Å². The Kier molecular flexibility index (Phi) is 3.09. The molecule has 5 nitrogen and oxygen atoms in total. The molecular formula is C12H20N4O. The van der Waals surface area contributed by atoms with Crippen LogP contribution in [0.25, 0.3) is 0 Å². The van der Waals surface area contributed by atoms with Crippen LogP contribution in [-0.2, 0) is 0 Å². The topological polar surface area (TPSA) is 75.0 Å². The van der Waals surface area contributed by atoms with E-state index in [-0.39, 0.29) is 11.9 Å². The number of aryl methyl sites for hydroxylation is 1. The smallest absolute Gasteiger partial charge is 0.259 e. The highest BCUT2D eigenvalue weighted by Gasteiger charge is 2.31. The number of amides is 1. The van der Waals surface area contributed by atoms with Crippen molar-refractivity contribution in [3.8, 4) is 0 Å². The summed E-state index contributed by atoms with van der Waals surface area (Å²) in [6, 6.07) is 0.268. The number of aromatic amines is 1. The number of nitrogens with two attached hydrogens (primary N) is 1. The van der Waals surface area contributed by atoms with Gasteiger partial charge in [-0.15, -0.1) is 0 Å². The molecule has 0 aromatic carbocycles. The zero-order valence-electron chi connectivity index (χ0n) is 10.7. The zero-order valence-corrected chi connectivity index (χ0v) is 10.7. The summed E-state index contributed by atoms with van der Waals surface area (Å²) in [6.07, 6.45) is 2.25. The lowest BCUT2D eigenvalue weighted by Crippen LogP contribution is -2.46. The molecule has 1 aliphatic heterocycles. The van der Waals surface area contributed by atoms with Crippen LogP contribution >= 0.6 is 0 Å². The van der Waals surface area contributed by atoms with Crippen LogP contribution in [-0.4, -0.2) is 33.6 Å². The number of rotatable bonds is 1. The van der Waals surface area contributed by atoms with Gasteiger partial charge in [0.05, 0.1) is 0 Å². The molecule has 0 saturated carbocycles. The van der Waals surface area contributed by atoms with Crippen molar-refractivity contribution < 1.29 is 4.79 Å². The first-order chi connectivity index (χ1) is 8.02. The van der Waals surface area contributed by atoms with Crippen molar-refractivity contribution in [1.82, 2.24) is 15.1 Å². The normalized spacial score (nSPS) is 25.0. The number of nitrogens with zero attached hydrogens (tertiary/aromatic N) is 2. The number of carbonyl (C=O) groups excluding carboxylic acids is 1. The number of hydrogen-bond donors (Lipinski definition) is 2. The molecule has 2 heterocycles. The number of carbonyl (C=O) groups is 1. The minimum Gasteiger partial charge on any atom is -0.382 e. The molecule has 1 aromatic heterocycles. The molecule has 1 aliphatic rings. The summed E-state index contributed by atoms with van der Waals surface area (Å²) in [5, 5.41) is 6.64. The van der Waals surface area contributed by atoms with Crippen molar-refractivity contribution in [3.63, 3.8) is 0 Å². The molecule has 5 heteroatoms. The Morgan fingerprint density at radius 3 is 2.82 bits per heavy atom. The average Bonchev–Trinajstić information content (AvgIpc) is 2.62.